The number of fused-ring (bicyclic) bond motifs is 1. The molecule has 2 N–H and O–H groups in total. The highest BCUT2D eigenvalue weighted by Gasteiger charge is 2.22. The molecule has 0 spiro atoms. The molecule has 5 aromatic rings. The molecule has 0 atom stereocenters. The van der Waals surface area contributed by atoms with E-state index in [9.17, 15) is 14.0 Å². The summed E-state index contributed by atoms with van der Waals surface area (Å²) >= 11 is 6.19. The molecule has 2 amide bonds. The first-order chi connectivity index (χ1) is 18.4. The van der Waals surface area contributed by atoms with Gasteiger partial charge in [0.1, 0.15) is 17.2 Å². The lowest BCUT2D eigenvalue weighted by molar-refractivity contribution is 0.0949. The van der Waals surface area contributed by atoms with Gasteiger partial charge in [-0.15, -0.1) is 0 Å². The van der Waals surface area contributed by atoms with Crippen LogP contribution in [0.2, 0.25) is 5.02 Å². The third-order valence-corrected chi connectivity index (χ3v) is 6.74. The Hall–Kier alpha value is -4.42. The van der Waals surface area contributed by atoms with E-state index in [-0.39, 0.29) is 17.6 Å². The number of carbonyl (C=O) groups is 2. The molecule has 0 saturated carbocycles. The third kappa shape index (κ3) is 5.17. The normalized spacial score (nSPS) is 10.9. The second-order valence-corrected chi connectivity index (χ2v) is 9.19. The highest BCUT2D eigenvalue weighted by molar-refractivity contribution is 6.31. The number of hydrogen-bond donors (Lipinski definition) is 2. The van der Waals surface area contributed by atoms with E-state index < -0.39 is 0 Å². The third-order valence-electron chi connectivity index (χ3n) is 6.37. The van der Waals surface area contributed by atoms with Crippen LogP contribution in [0.25, 0.3) is 33.4 Å². The number of amides is 2. The molecule has 5 rings (SSSR count). The van der Waals surface area contributed by atoms with E-state index in [4.69, 9.17) is 16.0 Å². The number of rotatable bonds is 7. The van der Waals surface area contributed by atoms with Gasteiger partial charge >= 0.3 is 0 Å². The van der Waals surface area contributed by atoms with Crippen LogP contribution in [-0.2, 0) is 6.42 Å². The molecule has 190 valence electrons. The van der Waals surface area contributed by atoms with E-state index in [2.05, 4.69) is 10.6 Å². The smallest absolute Gasteiger partial charge is 0.255 e. The van der Waals surface area contributed by atoms with Crippen LogP contribution in [-0.4, -0.2) is 25.4 Å². The van der Waals surface area contributed by atoms with Crippen molar-refractivity contribution in [3.05, 3.63) is 119 Å². The van der Waals surface area contributed by atoms with Gasteiger partial charge in [0.25, 0.3) is 11.8 Å². The van der Waals surface area contributed by atoms with Crippen molar-refractivity contribution in [2.45, 2.75) is 6.42 Å². The number of carbonyl (C=O) groups excluding carboxylic acids is 2. The van der Waals surface area contributed by atoms with Crippen LogP contribution in [0, 0.1) is 5.82 Å². The Balaban J connectivity index is 1.38. The van der Waals surface area contributed by atoms with Gasteiger partial charge in [0.05, 0.1) is 5.56 Å². The molecule has 1 heterocycles. The minimum absolute atomic E-state index is 0.167. The van der Waals surface area contributed by atoms with Gasteiger partial charge < -0.3 is 15.1 Å². The number of halogens is 2. The molecule has 7 heteroatoms. The van der Waals surface area contributed by atoms with Gasteiger partial charge in [-0.05, 0) is 77.7 Å². The molecule has 0 fully saturated rings. The van der Waals surface area contributed by atoms with Gasteiger partial charge in [-0.25, -0.2) is 4.39 Å². The maximum Gasteiger partial charge on any atom is 0.255 e. The first kappa shape index (κ1) is 25.2. The average Bonchev–Trinajstić information content (AvgIpc) is 3.33. The molecule has 0 radical (unpaired) electrons. The SMILES string of the molecule is CNC(=O)c1c(-c2ccc(F)cc2)oc2ccc(-c3ccc(C(=O)NCCc4ccccc4Cl)cc3)cc12. The maximum absolute atomic E-state index is 13.5. The van der Waals surface area contributed by atoms with Crippen molar-refractivity contribution in [3.63, 3.8) is 0 Å². The summed E-state index contributed by atoms with van der Waals surface area (Å²) in [6.07, 6.45) is 0.641. The molecule has 0 aliphatic rings. The van der Waals surface area contributed by atoms with E-state index in [0.717, 1.165) is 16.7 Å². The van der Waals surface area contributed by atoms with E-state index in [0.29, 0.717) is 51.4 Å². The fourth-order valence-electron chi connectivity index (χ4n) is 4.36. The minimum Gasteiger partial charge on any atom is -0.455 e. The lowest BCUT2D eigenvalue weighted by atomic mass is 9.99. The molecule has 4 aromatic carbocycles. The number of nitrogens with one attached hydrogen (secondary N) is 2. The summed E-state index contributed by atoms with van der Waals surface area (Å²) < 4.78 is 19.5. The van der Waals surface area contributed by atoms with Gasteiger partial charge in [0.2, 0.25) is 0 Å². The summed E-state index contributed by atoms with van der Waals surface area (Å²) in [7, 11) is 1.55. The highest BCUT2D eigenvalue weighted by Crippen LogP contribution is 2.36. The summed E-state index contributed by atoms with van der Waals surface area (Å²) in [6.45, 7) is 0.472. The van der Waals surface area contributed by atoms with E-state index in [1.165, 1.54) is 12.1 Å². The van der Waals surface area contributed by atoms with Crippen LogP contribution in [0.3, 0.4) is 0 Å². The monoisotopic (exact) mass is 526 g/mol. The second-order valence-electron chi connectivity index (χ2n) is 8.78. The zero-order chi connectivity index (χ0) is 26.6. The van der Waals surface area contributed by atoms with Crippen molar-refractivity contribution >= 4 is 34.4 Å². The van der Waals surface area contributed by atoms with Crippen LogP contribution in [0.1, 0.15) is 26.3 Å². The Bertz CT molecular complexity index is 1630. The van der Waals surface area contributed by atoms with Gasteiger partial charge in [0, 0.05) is 35.1 Å². The molecule has 0 saturated heterocycles. The van der Waals surface area contributed by atoms with Crippen molar-refractivity contribution in [1.82, 2.24) is 10.6 Å². The molecule has 1 aromatic heterocycles. The fraction of sp³-hybridized carbons (Fsp3) is 0.0968. The summed E-state index contributed by atoms with van der Waals surface area (Å²) in [5.74, 6) is -0.463. The van der Waals surface area contributed by atoms with Gasteiger partial charge in [-0.1, -0.05) is 48.0 Å². The lowest BCUT2D eigenvalue weighted by Gasteiger charge is -2.08. The van der Waals surface area contributed by atoms with Crippen molar-refractivity contribution in [1.29, 1.82) is 0 Å². The number of hydrogen-bond acceptors (Lipinski definition) is 3. The Labute approximate surface area is 224 Å². The van der Waals surface area contributed by atoms with Crippen LogP contribution in [0.4, 0.5) is 4.39 Å². The predicted octanol–water partition coefficient (Wildman–Crippen LogP) is 6.89. The van der Waals surface area contributed by atoms with Crippen LogP contribution >= 0.6 is 11.6 Å². The summed E-state index contributed by atoms with van der Waals surface area (Å²) in [4.78, 5) is 25.4. The Morgan fingerprint density at radius 2 is 1.53 bits per heavy atom. The zero-order valence-corrected chi connectivity index (χ0v) is 21.3. The second kappa shape index (κ2) is 10.9. The van der Waals surface area contributed by atoms with Crippen LogP contribution < -0.4 is 10.6 Å². The molecule has 38 heavy (non-hydrogen) atoms. The molecular formula is C31H24ClFN2O3. The van der Waals surface area contributed by atoms with E-state index >= 15 is 0 Å². The van der Waals surface area contributed by atoms with Crippen LogP contribution in [0.5, 0.6) is 0 Å². The maximum atomic E-state index is 13.5. The molecule has 0 bridgehead atoms. The summed E-state index contributed by atoms with van der Waals surface area (Å²) in [5, 5.41) is 6.92. The Morgan fingerprint density at radius 1 is 0.842 bits per heavy atom. The van der Waals surface area contributed by atoms with E-state index in [1.807, 2.05) is 48.5 Å². The molecule has 0 unspecified atom stereocenters. The van der Waals surface area contributed by atoms with Crippen LogP contribution in [0.15, 0.2) is 95.4 Å². The Morgan fingerprint density at radius 3 is 2.24 bits per heavy atom. The summed E-state index contributed by atoms with van der Waals surface area (Å²) in [5.41, 5.74) is 4.80. The standard InChI is InChI=1S/C31H24ClFN2O3/c1-34-31(37)28-25-18-23(12-15-27(25)38-29(28)21-10-13-24(33)14-11-21)19-6-8-22(9-7-19)30(36)35-17-16-20-4-2-3-5-26(20)32/h2-15,18H,16-17H2,1H3,(H,34,37)(H,35,36). The molecule has 5 nitrogen and oxygen atoms in total. The first-order valence-corrected chi connectivity index (χ1v) is 12.5. The molecule has 0 aliphatic heterocycles. The zero-order valence-electron chi connectivity index (χ0n) is 20.6. The van der Waals surface area contributed by atoms with Crippen molar-refractivity contribution in [3.8, 4) is 22.5 Å². The van der Waals surface area contributed by atoms with Crippen molar-refractivity contribution in [2.75, 3.05) is 13.6 Å². The fourth-order valence-corrected chi connectivity index (χ4v) is 4.59. The van der Waals surface area contributed by atoms with Crippen molar-refractivity contribution in [2.24, 2.45) is 0 Å². The van der Waals surface area contributed by atoms with Gasteiger partial charge in [-0.3, -0.25) is 9.59 Å². The quantitative estimate of drug-likeness (QED) is 0.242. The van der Waals surface area contributed by atoms with Gasteiger partial charge in [0.15, 0.2) is 0 Å². The molecule has 0 aliphatic carbocycles. The largest absolute Gasteiger partial charge is 0.455 e. The summed E-state index contributed by atoms with van der Waals surface area (Å²) in [6, 6.07) is 26.2. The lowest BCUT2D eigenvalue weighted by Crippen LogP contribution is -2.25. The number of benzene rings is 4. The molecular weight excluding hydrogens is 503 g/mol. The van der Waals surface area contributed by atoms with E-state index in [1.54, 1.807) is 37.4 Å². The Kier molecular flexibility index (Phi) is 7.24. The van der Waals surface area contributed by atoms with Crippen molar-refractivity contribution < 1.29 is 18.4 Å². The first-order valence-electron chi connectivity index (χ1n) is 12.1. The topological polar surface area (TPSA) is 71.3 Å². The number of furan rings is 1. The minimum atomic E-state index is -0.369. The predicted molar refractivity (Wildman–Crippen MR) is 148 cm³/mol. The average molecular weight is 527 g/mol. The van der Waals surface area contributed by atoms with Gasteiger partial charge in [-0.2, -0.15) is 0 Å². The highest BCUT2D eigenvalue weighted by atomic mass is 35.5.